The molecule has 0 radical (unpaired) electrons. The van der Waals surface area contributed by atoms with Gasteiger partial charge in [0, 0.05) is 17.7 Å². The molecule has 0 atom stereocenters. The van der Waals surface area contributed by atoms with Crippen LogP contribution in [0.15, 0.2) is 59.0 Å². The fourth-order valence-electron chi connectivity index (χ4n) is 2.13. The predicted molar refractivity (Wildman–Crippen MR) is 90.2 cm³/mol. The Bertz CT molecular complexity index is 954. The first-order chi connectivity index (χ1) is 11.9. The number of amides is 1. The molecule has 8 heteroatoms. The van der Waals surface area contributed by atoms with Gasteiger partial charge in [-0.15, -0.1) is 0 Å². The van der Waals surface area contributed by atoms with Gasteiger partial charge >= 0.3 is 0 Å². The summed E-state index contributed by atoms with van der Waals surface area (Å²) in [5.41, 5.74) is 0.658. The fourth-order valence-corrected chi connectivity index (χ4v) is 2.35. The maximum absolute atomic E-state index is 12.9. The quantitative estimate of drug-likeness (QED) is 0.529. The zero-order valence-corrected chi connectivity index (χ0v) is 13.3. The molecule has 1 amide bonds. The van der Waals surface area contributed by atoms with E-state index >= 15 is 0 Å². The third-order valence-corrected chi connectivity index (χ3v) is 3.68. The Balaban J connectivity index is 1.78. The SMILES string of the molecule is O=C(Nc1ccc([N+](=O)[O-])cc1Cl)c1ccc(-c2ccc(F)cc2)o1. The smallest absolute Gasteiger partial charge is 0.291 e. The van der Waals surface area contributed by atoms with Crippen molar-refractivity contribution in [1.29, 1.82) is 0 Å². The Kier molecular flexibility index (Phi) is 4.49. The summed E-state index contributed by atoms with van der Waals surface area (Å²) in [4.78, 5) is 22.3. The Labute approximate surface area is 146 Å². The number of carbonyl (C=O) groups excluding carboxylic acids is 1. The van der Waals surface area contributed by atoms with Crippen molar-refractivity contribution in [2.45, 2.75) is 0 Å². The average Bonchev–Trinajstić information content (AvgIpc) is 3.07. The van der Waals surface area contributed by atoms with Gasteiger partial charge < -0.3 is 9.73 Å². The molecule has 0 spiro atoms. The van der Waals surface area contributed by atoms with Crippen molar-refractivity contribution < 1.29 is 18.5 Å². The summed E-state index contributed by atoms with van der Waals surface area (Å²) in [6, 6.07) is 12.4. The molecule has 0 fully saturated rings. The maximum Gasteiger partial charge on any atom is 0.291 e. The van der Waals surface area contributed by atoms with Crippen LogP contribution in [-0.4, -0.2) is 10.8 Å². The molecule has 0 saturated heterocycles. The number of nitrogens with one attached hydrogen (secondary N) is 1. The van der Waals surface area contributed by atoms with Crippen LogP contribution in [-0.2, 0) is 0 Å². The second kappa shape index (κ2) is 6.74. The number of hydrogen-bond donors (Lipinski definition) is 1. The number of carbonyl (C=O) groups is 1. The zero-order chi connectivity index (χ0) is 18.0. The number of anilines is 1. The lowest BCUT2D eigenvalue weighted by molar-refractivity contribution is -0.384. The molecule has 0 aliphatic heterocycles. The number of hydrogen-bond acceptors (Lipinski definition) is 4. The van der Waals surface area contributed by atoms with E-state index in [1.165, 1.54) is 42.5 Å². The molecule has 0 aliphatic rings. The Hall–Kier alpha value is -3.19. The summed E-state index contributed by atoms with van der Waals surface area (Å²) >= 11 is 5.94. The largest absolute Gasteiger partial charge is 0.451 e. The van der Waals surface area contributed by atoms with Gasteiger partial charge in [-0.1, -0.05) is 11.6 Å². The molecule has 1 aromatic heterocycles. The van der Waals surface area contributed by atoms with Gasteiger partial charge in [0.05, 0.1) is 15.6 Å². The average molecular weight is 361 g/mol. The minimum absolute atomic E-state index is 0.0220. The first-order valence-corrected chi connectivity index (χ1v) is 7.43. The highest BCUT2D eigenvalue weighted by molar-refractivity contribution is 6.34. The molecule has 0 saturated carbocycles. The van der Waals surface area contributed by atoms with Crippen LogP contribution < -0.4 is 5.32 Å². The van der Waals surface area contributed by atoms with Crippen molar-refractivity contribution >= 4 is 28.9 Å². The van der Waals surface area contributed by atoms with Crippen LogP contribution in [0.3, 0.4) is 0 Å². The molecule has 1 heterocycles. The topological polar surface area (TPSA) is 85.4 Å². The van der Waals surface area contributed by atoms with Gasteiger partial charge in [0.2, 0.25) is 0 Å². The molecule has 0 unspecified atom stereocenters. The lowest BCUT2D eigenvalue weighted by Crippen LogP contribution is -2.11. The van der Waals surface area contributed by atoms with Crippen molar-refractivity contribution in [2.24, 2.45) is 0 Å². The number of non-ortho nitro benzene ring substituents is 1. The number of benzene rings is 2. The van der Waals surface area contributed by atoms with Crippen molar-refractivity contribution in [1.82, 2.24) is 0 Å². The van der Waals surface area contributed by atoms with Gasteiger partial charge in [0.25, 0.3) is 11.6 Å². The maximum atomic E-state index is 12.9. The Morgan fingerprint density at radius 3 is 2.48 bits per heavy atom. The summed E-state index contributed by atoms with van der Waals surface area (Å²) in [5.74, 6) is -0.515. The van der Waals surface area contributed by atoms with E-state index in [4.69, 9.17) is 16.0 Å². The van der Waals surface area contributed by atoms with Crippen LogP contribution in [0.1, 0.15) is 10.6 Å². The van der Waals surface area contributed by atoms with E-state index in [1.807, 2.05) is 0 Å². The first-order valence-electron chi connectivity index (χ1n) is 7.05. The van der Waals surface area contributed by atoms with E-state index in [0.29, 0.717) is 11.3 Å². The van der Waals surface area contributed by atoms with E-state index in [1.54, 1.807) is 6.07 Å². The second-order valence-corrected chi connectivity index (χ2v) is 5.45. The van der Waals surface area contributed by atoms with E-state index in [0.717, 1.165) is 6.07 Å². The van der Waals surface area contributed by atoms with Gasteiger partial charge in [0.15, 0.2) is 5.76 Å². The number of furan rings is 1. The summed E-state index contributed by atoms with van der Waals surface area (Å²) < 4.78 is 18.4. The number of nitro benzene ring substituents is 1. The summed E-state index contributed by atoms with van der Waals surface area (Å²) in [5, 5.41) is 13.2. The molecule has 1 N–H and O–H groups in total. The van der Waals surface area contributed by atoms with Gasteiger partial charge in [0.1, 0.15) is 11.6 Å². The number of nitro groups is 1. The van der Waals surface area contributed by atoms with Crippen LogP contribution in [0, 0.1) is 15.9 Å². The number of nitrogens with zero attached hydrogens (tertiary/aromatic N) is 1. The van der Waals surface area contributed by atoms with E-state index in [9.17, 15) is 19.3 Å². The molecule has 3 rings (SSSR count). The normalized spacial score (nSPS) is 10.5. The van der Waals surface area contributed by atoms with Gasteiger partial charge in [-0.25, -0.2) is 4.39 Å². The first kappa shape index (κ1) is 16.7. The fraction of sp³-hybridized carbons (Fsp3) is 0. The van der Waals surface area contributed by atoms with Crippen LogP contribution in [0.4, 0.5) is 15.8 Å². The predicted octanol–water partition coefficient (Wildman–Crippen LogP) is 4.90. The Morgan fingerprint density at radius 2 is 1.84 bits per heavy atom. The highest BCUT2D eigenvalue weighted by Crippen LogP contribution is 2.28. The molecule has 2 aromatic carbocycles. The van der Waals surface area contributed by atoms with Gasteiger partial charge in [-0.05, 0) is 42.5 Å². The van der Waals surface area contributed by atoms with E-state index in [2.05, 4.69) is 5.32 Å². The molecular weight excluding hydrogens is 351 g/mol. The highest BCUT2D eigenvalue weighted by atomic mass is 35.5. The molecule has 6 nitrogen and oxygen atoms in total. The van der Waals surface area contributed by atoms with Crippen LogP contribution in [0.2, 0.25) is 5.02 Å². The highest BCUT2D eigenvalue weighted by Gasteiger charge is 2.16. The van der Waals surface area contributed by atoms with E-state index < -0.39 is 10.8 Å². The Morgan fingerprint density at radius 1 is 1.12 bits per heavy atom. The van der Waals surface area contributed by atoms with E-state index in [-0.39, 0.29) is 28.0 Å². The van der Waals surface area contributed by atoms with Gasteiger partial charge in [-0.3, -0.25) is 14.9 Å². The van der Waals surface area contributed by atoms with Crippen LogP contribution in [0.25, 0.3) is 11.3 Å². The molecule has 126 valence electrons. The monoisotopic (exact) mass is 360 g/mol. The molecule has 3 aromatic rings. The lowest BCUT2D eigenvalue weighted by Gasteiger charge is -2.05. The summed E-state index contributed by atoms with van der Waals surface area (Å²) in [6.45, 7) is 0. The third kappa shape index (κ3) is 3.67. The molecular formula is C17H10ClFN2O4. The minimum Gasteiger partial charge on any atom is -0.451 e. The zero-order valence-electron chi connectivity index (χ0n) is 12.5. The molecule has 25 heavy (non-hydrogen) atoms. The van der Waals surface area contributed by atoms with Gasteiger partial charge in [-0.2, -0.15) is 0 Å². The standard InChI is InChI=1S/C17H10ClFN2O4/c18-13-9-12(21(23)24)5-6-14(13)20-17(22)16-8-7-15(25-16)10-1-3-11(19)4-2-10/h1-9H,(H,20,22). The second-order valence-electron chi connectivity index (χ2n) is 5.05. The number of rotatable bonds is 4. The lowest BCUT2D eigenvalue weighted by atomic mass is 10.2. The van der Waals surface area contributed by atoms with Crippen molar-refractivity contribution in [3.63, 3.8) is 0 Å². The van der Waals surface area contributed by atoms with Crippen molar-refractivity contribution in [3.8, 4) is 11.3 Å². The molecule has 0 aliphatic carbocycles. The summed E-state index contributed by atoms with van der Waals surface area (Å²) in [6.07, 6.45) is 0. The minimum atomic E-state index is -0.584. The molecule has 0 bridgehead atoms. The van der Waals surface area contributed by atoms with Crippen LogP contribution >= 0.6 is 11.6 Å². The summed E-state index contributed by atoms with van der Waals surface area (Å²) in [7, 11) is 0. The van der Waals surface area contributed by atoms with Crippen molar-refractivity contribution in [3.05, 3.63) is 81.3 Å². The van der Waals surface area contributed by atoms with Crippen molar-refractivity contribution in [2.75, 3.05) is 5.32 Å². The van der Waals surface area contributed by atoms with Crippen LogP contribution in [0.5, 0.6) is 0 Å². The number of halogens is 2. The third-order valence-electron chi connectivity index (χ3n) is 3.37.